The van der Waals surface area contributed by atoms with Gasteiger partial charge in [0.2, 0.25) is 5.91 Å². The highest BCUT2D eigenvalue weighted by Gasteiger charge is 2.23. The van der Waals surface area contributed by atoms with E-state index in [4.69, 9.17) is 5.11 Å². The minimum Gasteiger partial charge on any atom is -0.481 e. The summed E-state index contributed by atoms with van der Waals surface area (Å²) in [4.78, 5) is 27.0. The van der Waals surface area contributed by atoms with Crippen molar-refractivity contribution in [3.8, 4) is 0 Å². The first-order valence-corrected chi connectivity index (χ1v) is 7.67. The minimum atomic E-state index is -0.808. The van der Waals surface area contributed by atoms with Crippen LogP contribution in [0.15, 0.2) is 0 Å². The predicted octanol–water partition coefficient (Wildman–Crippen LogP) is 1.82. The van der Waals surface area contributed by atoms with Crippen LogP contribution in [-0.2, 0) is 9.59 Å². The van der Waals surface area contributed by atoms with Crippen molar-refractivity contribution in [2.24, 2.45) is 5.92 Å². The number of carbonyl (C=O) groups is 2. The molecular formula is C15H28N2O3. The Morgan fingerprint density at radius 3 is 2.45 bits per heavy atom. The van der Waals surface area contributed by atoms with Crippen molar-refractivity contribution in [3.05, 3.63) is 0 Å². The van der Waals surface area contributed by atoms with E-state index < -0.39 is 5.97 Å². The summed E-state index contributed by atoms with van der Waals surface area (Å²) in [6.07, 6.45) is 3.16. The second-order valence-corrected chi connectivity index (χ2v) is 5.93. The lowest BCUT2D eigenvalue weighted by atomic mass is 9.99. The van der Waals surface area contributed by atoms with E-state index in [1.165, 1.54) is 0 Å². The van der Waals surface area contributed by atoms with Gasteiger partial charge in [-0.3, -0.25) is 14.5 Å². The molecule has 20 heavy (non-hydrogen) atoms. The van der Waals surface area contributed by atoms with Gasteiger partial charge in [-0.25, -0.2) is 0 Å². The molecule has 0 aromatic heterocycles. The van der Waals surface area contributed by atoms with Crippen LogP contribution >= 0.6 is 0 Å². The first-order chi connectivity index (χ1) is 9.43. The molecule has 1 rings (SSSR count). The molecule has 1 unspecified atom stereocenters. The normalized spacial score (nSPS) is 18.3. The molecule has 1 amide bonds. The van der Waals surface area contributed by atoms with Crippen molar-refractivity contribution in [2.45, 2.75) is 52.5 Å². The summed E-state index contributed by atoms with van der Waals surface area (Å²) in [5, 5.41) is 8.81. The number of nitrogens with zero attached hydrogens (tertiary/aromatic N) is 2. The quantitative estimate of drug-likeness (QED) is 0.774. The van der Waals surface area contributed by atoms with Gasteiger partial charge in [-0.05, 0) is 32.1 Å². The summed E-state index contributed by atoms with van der Waals surface area (Å²) in [6, 6.07) is 0.238. The minimum absolute atomic E-state index is 0.0919. The van der Waals surface area contributed by atoms with Gasteiger partial charge in [0.25, 0.3) is 0 Å². The number of rotatable bonds is 7. The molecule has 0 saturated carbocycles. The van der Waals surface area contributed by atoms with E-state index in [2.05, 4.69) is 13.8 Å². The highest BCUT2D eigenvalue weighted by atomic mass is 16.4. The number of carboxylic acid groups (broad SMARTS) is 1. The molecule has 1 aliphatic heterocycles. The number of carbonyl (C=O) groups excluding carboxylic acids is 1. The van der Waals surface area contributed by atoms with Gasteiger partial charge in [-0.15, -0.1) is 0 Å². The lowest BCUT2D eigenvalue weighted by Crippen LogP contribution is -2.46. The molecule has 0 aliphatic carbocycles. The van der Waals surface area contributed by atoms with Crippen molar-refractivity contribution in [1.82, 2.24) is 9.80 Å². The number of piperidine rings is 1. The molecule has 1 N–H and O–H groups in total. The molecule has 1 atom stereocenters. The fraction of sp³-hybridized carbons (Fsp3) is 0.867. The van der Waals surface area contributed by atoms with E-state index in [-0.39, 0.29) is 18.4 Å². The highest BCUT2D eigenvalue weighted by Crippen LogP contribution is 2.16. The van der Waals surface area contributed by atoms with Gasteiger partial charge in [0, 0.05) is 25.7 Å². The maximum absolute atomic E-state index is 12.3. The van der Waals surface area contributed by atoms with Gasteiger partial charge in [0.15, 0.2) is 0 Å². The monoisotopic (exact) mass is 284 g/mol. The van der Waals surface area contributed by atoms with E-state index in [0.717, 1.165) is 32.4 Å². The standard InChI is InChI=1S/C15H28N2O3/c1-4-13(3)17(10-7-15(19)20)11-14(18)16-8-5-12(2)6-9-16/h12-13H,4-11H2,1-3H3,(H,19,20). The number of amides is 1. The Kier molecular flexibility index (Phi) is 6.99. The lowest BCUT2D eigenvalue weighted by molar-refractivity contribution is -0.139. The summed E-state index contributed by atoms with van der Waals surface area (Å²) in [6.45, 7) is 8.80. The molecule has 0 radical (unpaired) electrons. The number of carboxylic acids is 1. The second-order valence-electron chi connectivity index (χ2n) is 5.93. The van der Waals surface area contributed by atoms with Gasteiger partial charge in [0.1, 0.15) is 0 Å². The van der Waals surface area contributed by atoms with Crippen molar-refractivity contribution in [2.75, 3.05) is 26.2 Å². The van der Waals surface area contributed by atoms with Crippen LogP contribution < -0.4 is 0 Å². The molecule has 116 valence electrons. The zero-order valence-electron chi connectivity index (χ0n) is 13.0. The molecule has 1 saturated heterocycles. The van der Waals surface area contributed by atoms with E-state index in [1.807, 2.05) is 16.7 Å². The highest BCUT2D eigenvalue weighted by molar-refractivity contribution is 5.78. The fourth-order valence-electron chi connectivity index (χ4n) is 2.48. The van der Waals surface area contributed by atoms with Crippen LogP contribution in [0.3, 0.4) is 0 Å². The Balaban J connectivity index is 2.50. The molecule has 1 heterocycles. The lowest BCUT2D eigenvalue weighted by Gasteiger charge is -2.34. The molecule has 1 fully saturated rings. The van der Waals surface area contributed by atoms with Gasteiger partial charge < -0.3 is 10.0 Å². The van der Waals surface area contributed by atoms with Crippen LogP contribution in [-0.4, -0.2) is 59.0 Å². The Morgan fingerprint density at radius 2 is 1.95 bits per heavy atom. The van der Waals surface area contributed by atoms with Crippen LogP contribution in [0.2, 0.25) is 0 Å². The predicted molar refractivity (Wildman–Crippen MR) is 78.6 cm³/mol. The Bertz CT molecular complexity index is 325. The van der Waals surface area contributed by atoms with Gasteiger partial charge in [-0.1, -0.05) is 13.8 Å². The summed E-state index contributed by atoms with van der Waals surface area (Å²) in [5.74, 6) is 0.0388. The summed E-state index contributed by atoms with van der Waals surface area (Å²) in [7, 11) is 0. The number of likely N-dealkylation sites (tertiary alicyclic amines) is 1. The van der Waals surface area contributed by atoms with Gasteiger partial charge in [0.05, 0.1) is 13.0 Å². The Labute approximate surface area is 121 Å². The summed E-state index contributed by atoms with van der Waals surface area (Å²) in [5.41, 5.74) is 0. The fourth-order valence-corrected chi connectivity index (χ4v) is 2.48. The average molecular weight is 284 g/mol. The zero-order chi connectivity index (χ0) is 15.1. The zero-order valence-corrected chi connectivity index (χ0v) is 13.0. The third kappa shape index (κ3) is 5.49. The Hall–Kier alpha value is -1.10. The smallest absolute Gasteiger partial charge is 0.304 e. The van der Waals surface area contributed by atoms with Crippen LogP contribution in [0.4, 0.5) is 0 Å². The van der Waals surface area contributed by atoms with E-state index in [1.54, 1.807) is 0 Å². The van der Waals surface area contributed by atoms with E-state index >= 15 is 0 Å². The molecule has 0 aromatic rings. The average Bonchev–Trinajstić information content (AvgIpc) is 2.42. The van der Waals surface area contributed by atoms with Crippen LogP contribution in [0.25, 0.3) is 0 Å². The van der Waals surface area contributed by atoms with Crippen molar-refractivity contribution in [1.29, 1.82) is 0 Å². The van der Waals surface area contributed by atoms with Crippen LogP contribution in [0.5, 0.6) is 0 Å². The molecular weight excluding hydrogens is 256 g/mol. The van der Waals surface area contributed by atoms with Crippen LogP contribution in [0.1, 0.15) is 46.5 Å². The van der Waals surface area contributed by atoms with Crippen molar-refractivity contribution >= 4 is 11.9 Å². The maximum Gasteiger partial charge on any atom is 0.304 e. The van der Waals surface area contributed by atoms with Gasteiger partial charge in [-0.2, -0.15) is 0 Å². The third-order valence-corrected chi connectivity index (χ3v) is 4.30. The van der Waals surface area contributed by atoms with Gasteiger partial charge >= 0.3 is 5.97 Å². The van der Waals surface area contributed by atoms with Crippen molar-refractivity contribution in [3.63, 3.8) is 0 Å². The Morgan fingerprint density at radius 1 is 1.35 bits per heavy atom. The van der Waals surface area contributed by atoms with E-state index in [9.17, 15) is 9.59 Å². The number of hydrogen-bond donors (Lipinski definition) is 1. The molecule has 1 aliphatic rings. The summed E-state index contributed by atoms with van der Waals surface area (Å²) < 4.78 is 0. The summed E-state index contributed by atoms with van der Waals surface area (Å²) >= 11 is 0. The SMILES string of the molecule is CCC(C)N(CCC(=O)O)CC(=O)N1CCC(C)CC1. The maximum atomic E-state index is 12.3. The van der Waals surface area contributed by atoms with E-state index in [0.29, 0.717) is 19.0 Å². The first kappa shape index (κ1) is 17.0. The second kappa shape index (κ2) is 8.25. The number of hydrogen-bond acceptors (Lipinski definition) is 3. The molecule has 0 spiro atoms. The van der Waals surface area contributed by atoms with Crippen LogP contribution in [0, 0.1) is 5.92 Å². The number of aliphatic carboxylic acids is 1. The topological polar surface area (TPSA) is 60.9 Å². The molecule has 0 aromatic carbocycles. The molecule has 5 heteroatoms. The molecule has 5 nitrogen and oxygen atoms in total. The first-order valence-electron chi connectivity index (χ1n) is 7.67. The van der Waals surface area contributed by atoms with Crippen molar-refractivity contribution < 1.29 is 14.7 Å². The largest absolute Gasteiger partial charge is 0.481 e. The molecule has 0 bridgehead atoms. The third-order valence-electron chi connectivity index (χ3n) is 4.30.